The second-order valence-electron chi connectivity index (χ2n) is 4.55. The monoisotopic (exact) mass is 287 g/mol. The van der Waals surface area contributed by atoms with Gasteiger partial charge in [-0.15, -0.1) is 0 Å². The molecular formula is C17H15F2NO. The molecule has 0 saturated carbocycles. The Bertz CT molecular complexity index is 702. The molecule has 2 aromatic carbocycles. The number of hydrogen-bond donors (Lipinski definition) is 1. The van der Waals surface area contributed by atoms with E-state index in [0.717, 1.165) is 5.56 Å². The third-order valence-corrected chi connectivity index (χ3v) is 2.84. The Hall–Kier alpha value is -2.38. The standard InChI is InChI=1S/C17H15F2NO/c1-12-4-5-15(18)10-17(12)21-11-14-7-13(3-2-6-20)8-16(19)9-14/h4-5,7-10H,6,11,20H2,1H3. The summed E-state index contributed by atoms with van der Waals surface area (Å²) in [5.74, 6) is 5.12. The zero-order chi connectivity index (χ0) is 15.2. The molecule has 4 heteroatoms. The van der Waals surface area contributed by atoms with Gasteiger partial charge in [-0.2, -0.15) is 0 Å². The lowest BCUT2D eigenvalue weighted by molar-refractivity contribution is 0.302. The van der Waals surface area contributed by atoms with Crippen molar-refractivity contribution < 1.29 is 13.5 Å². The molecular weight excluding hydrogens is 272 g/mol. The normalized spacial score (nSPS) is 9.90. The molecule has 0 saturated heterocycles. The third-order valence-electron chi connectivity index (χ3n) is 2.84. The van der Waals surface area contributed by atoms with Crippen LogP contribution >= 0.6 is 0 Å². The van der Waals surface area contributed by atoms with Crippen LogP contribution in [-0.4, -0.2) is 6.54 Å². The van der Waals surface area contributed by atoms with E-state index in [1.54, 1.807) is 12.1 Å². The fourth-order valence-corrected chi connectivity index (χ4v) is 1.85. The van der Waals surface area contributed by atoms with Crippen LogP contribution in [0.5, 0.6) is 5.75 Å². The molecule has 0 radical (unpaired) electrons. The predicted molar refractivity (Wildman–Crippen MR) is 77.8 cm³/mol. The summed E-state index contributed by atoms with van der Waals surface area (Å²) in [6, 6.07) is 8.73. The maximum Gasteiger partial charge on any atom is 0.126 e. The molecule has 2 rings (SSSR count). The number of hydrogen-bond acceptors (Lipinski definition) is 2. The van der Waals surface area contributed by atoms with Gasteiger partial charge in [0, 0.05) is 11.6 Å². The summed E-state index contributed by atoms with van der Waals surface area (Å²) in [5.41, 5.74) is 7.27. The predicted octanol–water partition coefficient (Wildman–Crippen LogP) is 3.16. The Morgan fingerprint density at radius 2 is 1.90 bits per heavy atom. The highest BCUT2D eigenvalue weighted by molar-refractivity contribution is 5.38. The highest BCUT2D eigenvalue weighted by Crippen LogP contribution is 2.20. The molecule has 0 unspecified atom stereocenters. The van der Waals surface area contributed by atoms with E-state index in [9.17, 15) is 8.78 Å². The van der Waals surface area contributed by atoms with E-state index in [1.165, 1.54) is 24.3 Å². The molecule has 0 aromatic heterocycles. The first-order valence-corrected chi connectivity index (χ1v) is 6.46. The molecule has 2 aromatic rings. The zero-order valence-corrected chi connectivity index (χ0v) is 11.6. The lowest BCUT2D eigenvalue weighted by Crippen LogP contribution is -1.99. The molecule has 0 fully saturated rings. The van der Waals surface area contributed by atoms with Crippen LogP contribution in [0.3, 0.4) is 0 Å². The lowest BCUT2D eigenvalue weighted by atomic mass is 10.1. The molecule has 0 heterocycles. The highest BCUT2D eigenvalue weighted by atomic mass is 19.1. The summed E-state index contributed by atoms with van der Waals surface area (Å²) < 4.78 is 32.2. The van der Waals surface area contributed by atoms with Crippen molar-refractivity contribution in [1.29, 1.82) is 0 Å². The first kappa shape index (κ1) is 15.0. The van der Waals surface area contributed by atoms with Gasteiger partial charge in [-0.05, 0) is 42.3 Å². The van der Waals surface area contributed by atoms with Crippen LogP contribution in [-0.2, 0) is 6.61 Å². The van der Waals surface area contributed by atoms with Gasteiger partial charge in [0.15, 0.2) is 0 Å². The van der Waals surface area contributed by atoms with E-state index < -0.39 is 5.82 Å². The third kappa shape index (κ3) is 4.30. The van der Waals surface area contributed by atoms with Crippen LogP contribution in [0.2, 0.25) is 0 Å². The molecule has 2 N–H and O–H groups in total. The quantitative estimate of drug-likeness (QED) is 0.880. The smallest absolute Gasteiger partial charge is 0.126 e. The fourth-order valence-electron chi connectivity index (χ4n) is 1.85. The van der Waals surface area contributed by atoms with E-state index in [2.05, 4.69) is 11.8 Å². The van der Waals surface area contributed by atoms with Gasteiger partial charge in [-0.3, -0.25) is 0 Å². The van der Waals surface area contributed by atoms with Crippen LogP contribution in [0, 0.1) is 30.4 Å². The molecule has 0 amide bonds. The average molecular weight is 287 g/mol. The van der Waals surface area contributed by atoms with Crippen molar-refractivity contribution in [3.05, 3.63) is 64.7 Å². The van der Waals surface area contributed by atoms with Gasteiger partial charge in [-0.1, -0.05) is 17.9 Å². The molecule has 2 nitrogen and oxygen atoms in total. The Morgan fingerprint density at radius 1 is 1.10 bits per heavy atom. The van der Waals surface area contributed by atoms with E-state index in [4.69, 9.17) is 10.5 Å². The van der Waals surface area contributed by atoms with Gasteiger partial charge in [0.05, 0.1) is 6.54 Å². The van der Waals surface area contributed by atoms with Crippen molar-refractivity contribution in [2.75, 3.05) is 6.54 Å². The Morgan fingerprint density at radius 3 is 2.67 bits per heavy atom. The molecule has 0 aliphatic heterocycles. The van der Waals surface area contributed by atoms with Crippen LogP contribution in [0.1, 0.15) is 16.7 Å². The average Bonchev–Trinajstić information content (AvgIpc) is 2.45. The maximum atomic E-state index is 13.5. The van der Waals surface area contributed by atoms with Crippen molar-refractivity contribution in [2.45, 2.75) is 13.5 Å². The SMILES string of the molecule is Cc1ccc(F)cc1OCc1cc(F)cc(C#CCN)c1. The molecule has 0 spiro atoms. The van der Waals surface area contributed by atoms with Gasteiger partial charge in [0.25, 0.3) is 0 Å². The van der Waals surface area contributed by atoms with E-state index in [-0.39, 0.29) is 19.0 Å². The molecule has 108 valence electrons. The number of aryl methyl sites for hydroxylation is 1. The van der Waals surface area contributed by atoms with Crippen LogP contribution in [0.25, 0.3) is 0 Å². The largest absolute Gasteiger partial charge is 0.489 e. The minimum atomic E-state index is -0.395. The summed E-state index contributed by atoms with van der Waals surface area (Å²) in [5, 5.41) is 0. The van der Waals surface area contributed by atoms with Crippen molar-refractivity contribution >= 4 is 0 Å². The summed E-state index contributed by atoms with van der Waals surface area (Å²) in [4.78, 5) is 0. The fraction of sp³-hybridized carbons (Fsp3) is 0.176. The van der Waals surface area contributed by atoms with Gasteiger partial charge < -0.3 is 10.5 Å². The maximum absolute atomic E-state index is 13.5. The number of ether oxygens (including phenoxy) is 1. The number of benzene rings is 2. The number of rotatable bonds is 3. The molecule has 0 atom stereocenters. The highest BCUT2D eigenvalue weighted by Gasteiger charge is 2.04. The topological polar surface area (TPSA) is 35.2 Å². The van der Waals surface area contributed by atoms with Crippen LogP contribution in [0.15, 0.2) is 36.4 Å². The van der Waals surface area contributed by atoms with Gasteiger partial charge in [0.1, 0.15) is 24.0 Å². The second kappa shape index (κ2) is 6.87. The first-order valence-electron chi connectivity index (χ1n) is 6.46. The molecule has 0 bridgehead atoms. The lowest BCUT2D eigenvalue weighted by Gasteiger charge is -2.09. The number of halogens is 2. The van der Waals surface area contributed by atoms with Gasteiger partial charge in [0.2, 0.25) is 0 Å². The number of nitrogens with two attached hydrogens (primary N) is 1. The van der Waals surface area contributed by atoms with E-state index in [1.807, 2.05) is 6.92 Å². The van der Waals surface area contributed by atoms with Crippen molar-refractivity contribution in [3.8, 4) is 17.6 Å². The second-order valence-corrected chi connectivity index (χ2v) is 4.55. The first-order chi connectivity index (χ1) is 10.1. The minimum absolute atomic E-state index is 0.138. The minimum Gasteiger partial charge on any atom is -0.489 e. The van der Waals surface area contributed by atoms with Gasteiger partial charge >= 0.3 is 0 Å². The van der Waals surface area contributed by atoms with Crippen LogP contribution in [0.4, 0.5) is 8.78 Å². The summed E-state index contributed by atoms with van der Waals surface area (Å²) in [7, 11) is 0. The Balaban J connectivity index is 2.16. The van der Waals surface area contributed by atoms with Crippen molar-refractivity contribution in [3.63, 3.8) is 0 Å². The summed E-state index contributed by atoms with van der Waals surface area (Å²) in [6.45, 7) is 2.17. The molecule has 0 aliphatic carbocycles. The van der Waals surface area contributed by atoms with E-state index >= 15 is 0 Å². The van der Waals surface area contributed by atoms with Gasteiger partial charge in [-0.25, -0.2) is 8.78 Å². The summed E-state index contributed by atoms with van der Waals surface area (Å²) >= 11 is 0. The van der Waals surface area contributed by atoms with Crippen LogP contribution < -0.4 is 10.5 Å². The van der Waals surface area contributed by atoms with E-state index in [0.29, 0.717) is 16.9 Å². The molecule has 0 aliphatic rings. The van der Waals surface area contributed by atoms with Crippen molar-refractivity contribution in [2.24, 2.45) is 5.73 Å². The Labute approximate surface area is 122 Å². The Kier molecular flexibility index (Phi) is 4.91. The molecule has 21 heavy (non-hydrogen) atoms. The van der Waals surface area contributed by atoms with Crippen molar-refractivity contribution in [1.82, 2.24) is 0 Å². The zero-order valence-electron chi connectivity index (χ0n) is 11.6. The summed E-state index contributed by atoms with van der Waals surface area (Å²) in [6.07, 6.45) is 0.